The SMILES string of the molecule is CS(=O)(=O)NC[C@@H]1CNCCO[C@H]1c1ccc(F)c(Cl)c1.Cl. The van der Waals surface area contributed by atoms with E-state index in [9.17, 15) is 12.8 Å². The predicted molar refractivity (Wildman–Crippen MR) is 86.6 cm³/mol. The average molecular weight is 373 g/mol. The molecule has 2 rings (SSSR count). The second-order valence-corrected chi connectivity index (χ2v) is 7.29. The summed E-state index contributed by atoms with van der Waals surface area (Å²) in [5.41, 5.74) is 0.741. The van der Waals surface area contributed by atoms with Crippen LogP contribution in [0.4, 0.5) is 4.39 Å². The zero-order valence-electron chi connectivity index (χ0n) is 12.0. The van der Waals surface area contributed by atoms with Gasteiger partial charge in [0.25, 0.3) is 0 Å². The molecule has 0 unspecified atom stereocenters. The number of sulfonamides is 1. The molecule has 1 heterocycles. The Hall–Kier alpha value is -0.440. The van der Waals surface area contributed by atoms with Gasteiger partial charge < -0.3 is 10.1 Å². The number of halogens is 3. The molecule has 0 amide bonds. The molecular weight excluding hydrogens is 354 g/mol. The quantitative estimate of drug-likeness (QED) is 0.844. The Balaban J connectivity index is 0.00000242. The summed E-state index contributed by atoms with van der Waals surface area (Å²) in [5.74, 6) is -0.596. The molecule has 0 bridgehead atoms. The minimum absolute atomic E-state index is 0. The van der Waals surface area contributed by atoms with Crippen LogP contribution >= 0.6 is 24.0 Å². The van der Waals surface area contributed by atoms with E-state index < -0.39 is 15.8 Å². The van der Waals surface area contributed by atoms with Crippen molar-refractivity contribution in [1.29, 1.82) is 0 Å². The summed E-state index contributed by atoms with van der Waals surface area (Å²) in [6.45, 7) is 2.02. The third kappa shape index (κ3) is 5.64. The van der Waals surface area contributed by atoms with Crippen LogP contribution in [0.3, 0.4) is 0 Å². The van der Waals surface area contributed by atoms with Gasteiger partial charge in [0.2, 0.25) is 10.0 Å². The van der Waals surface area contributed by atoms with Gasteiger partial charge in [0.15, 0.2) is 0 Å². The van der Waals surface area contributed by atoms with Crippen molar-refractivity contribution in [3.05, 3.63) is 34.6 Å². The lowest BCUT2D eigenvalue weighted by atomic mass is 9.95. The van der Waals surface area contributed by atoms with Crippen LogP contribution in [0, 0.1) is 11.7 Å². The lowest BCUT2D eigenvalue weighted by Gasteiger charge is -2.25. The third-order valence-electron chi connectivity index (χ3n) is 3.29. The van der Waals surface area contributed by atoms with Crippen LogP contribution in [0.1, 0.15) is 11.7 Å². The molecule has 1 aliphatic rings. The van der Waals surface area contributed by atoms with Crippen LogP contribution < -0.4 is 10.0 Å². The summed E-state index contributed by atoms with van der Waals surface area (Å²) in [5, 5.41) is 3.22. The molecule has 126 valence electrons. The lowest BCUT2D eigenvalue weighted by molar-refractivity contribution is 0.0322. The summed E-state index contributed by atoms with van der Waals surface area (Å²) < 4.78 is 44.1. The second kappa shape index (κ2) is 8.42. The van der Waals surface area contributed by atoms with Crippen LogP contribution in [0.5, 0.6) is 0 Å². The van der Waals surface area contributed by atoms with Crippen molar-refractivity contribution in [2.45, 2.75) is 6.10 Å². The Morgan fingerprint density at radius 3 is 2.86 bits per heavy atom. The number of benzene rings is 1. The molecule has 0 aliphatic carbocycles. The maximum Gasteiger partial charge on any atom is 0.208 e. The Bertz CT molecular complexity index is 601. The van der Waals surface area contributed by atoms with E-state index in [0.717, 1.165) is 11.8 Å². The fraction of sp³-hybridized carbons (Fsp3) is 0.538. The highest BCUT2D eigenvalue weighted by Crippen LogP contribution is 2.29. The maximum atomic E-state index is 13.3. The van der Waals surface area contributed by atoms with Gasteiger partial charge in [-0.05, 0) is 17.7 Å². The van der Waals surface area contributed by atoms with Gasteiger partial charge in [-0.25, -0.2) is 17.5 Å². The van der Waals surface area contributed by atoms with E-state index in [1.54, 1.807) is 6.07 Å². The normalized spacial score (nSPS) is 22.7. The molecular formula is C13H19Cl2FN2O3S. The molecule has 1 aliphatic heterocycles. The van der Waals surface area contributed by atoms with E-state index >= 15 is 0 Å². The first-order valence-corrected chi connectivity index (χ1v) is 8.85. The molecule has 1 saturated heterocycles. The monoisotopic (exact) mass is 372 g/mol. The van der Waals surface area contributed by atoms with E-state index in [0.29, 0.717) is 19.7 Å². The van der Waals surface area contributed by atoms with Crippen molar-refractivity contribution >= 4 is 34.0 Å². The molecule has 9 heteroatoms. The topological polar surface area (TPSA) is 67.4 Å². The van der Waals surface area contributed by atoms with Crippen molar-refractivity contribution in [2.24, 2.45) is 5.92 Å². The standard InChI is InChI=1S/C13H18ClFN2O3S.ClH/c1-21(18,19)17-8-10-7-16-4-5-20-13(10)9-2-3-12(15)11(14)6-9;/h2-3,6,10,13,16-17H,4-5,7-8H2,1H3;1H/t10-,13-;/m0./s1. The van der Waals surface area contributed by atoms with E-state index in [1.807, 2.05) is 0 Å². The highest BCUT2D eigenvalue weighted by molar-refractivity contribution is 7.88. The number of nitrogens with one attached hydrogen (secondary N) is 2. The highest BCUT2D eigenvalue weighted by atomic mass is 35.5. The van der Waals surface area contributed by atoms with Crippen LogP contribution in [0.15, 0.2) is 18.2 Å². The fourth-order valence-corrected chi connectivity index (χ4v) is 2.99. The number of ether oxygens (including phenoxy) is 1. The van der Waals surface area contributed by atoms with Gasteiger partial charge in [-0.15, -0.1) is 12.4 Å². The van der Waals surface area contributed by atoms with Crippen molar-refractivity contribution in [3.63, 3.8) is 0 Å². The molecule has 1 fully saturated rings. The molecule has 2 N–H and O–H groups in total. The Morgan fingerprint density at radius 2 is 2.23 bits per heavy atom. The smallest absolute Gasteiger partial charge is 0.208 e. The molecule has 0 saturated carbocycles. The predicted octanol–water partition coefficient (Wildman–Crippen LogP) is 1.73. The van der Waals surface area contributed by atoms with E-state index in [-0.39, 0.29) is 36.0 Å². The molecule has 1 aromatic rings. The van der Waals surface area contributed by atoms with Crippen molar-refractivity contribution in [2.75, 3.05) is 32.5 Å². The lowest BCUT2D eigenvalue weighted by Crippen LogP contribution is -2.36. The minimum atomic E-state index is -3.28. The van der Waals surface area contributed by atoms with E-state index in [1.165, 1.54) is 12.1 Å². The molecule has 5 nitrogen and oxygen atoms in total. The first-order valence-electron chi connectivity index (χ1n) is 6.59. The zero-order chi connectivity index (χ0) is 15.5. The van der Waals surface area contributed by atoms with Crippen LogP contribution in [0.25, 0.3) is 0 Å². The number of rotatable bonds is 4. The van der Waals surface area contributed by atoms with Crippen LogP contribution in [-0.2, 0) is 14.8 Å². The van der Waals surface area contributed by atoms with Crippen molar-refractivity contribution in [1.82, 2.24) is 10.0 Å². The summed E-state index contributed by atoms with van der Waals surface area (Å²) in [4.78, 5) is 0. The third-order valence-corrected chi connectivity index (χ3v) is 4.27. The van der Waals surface area contributed by atoms with E-state index in [4.69, 9.17) is 16.3 Å². The number of hydrogen-bond donors (Lipinski definition) is 2. The molecule has 0 radical (unpaired) electrons. The number of hydrogen-bond acceptors (Lipinski definition) is 4. The minimum Gasteiger partial charge on any atom is -0.372 e. The second-order valence-electron chi connectivity index (χ2n) is 5.05. The highest BCUT2D eigenvalue weighted by Gasteiger charge is 2.27. The largest absolute Gasteiger partial charge is 0.372 e. The molecule has 0 aromatic heterocycles. The van der Waals surface area contributed by atoms with Crippen LogP contribution in [-0.4, -0.2) is 40.9 Å². The Labute approximate surface area is 141 Å². The summed E-state index contributed by atoms with van der Waals surface area (Å²) >= 11 is 5.81. The Morgan fingerprint density at radius 1 is 1.50 bits per heavy atom. The first kappa shape index (κ1) is 19.6. The van der Waals surface area contributed by atoms with Gasteiger partial charge in [-0.1, -0.05) is 17.7 Å². The first-order chi connectivity index (χ1) is 9.87. The van der Waals surface area contributed by atoms with E-state index in [2.05, 4.69) is 10.0 Å². The van der Waals surface area contributed by atoms with Gasteiger partial charge in [0.05, 0.1) is 24.0 Å². The molecule has 22 heavy (non-hydrogen) atoms. The van der Waals surface area contributed by atoms with Crippen molar-refractivity contribution in [3.8, 4) is 0 Å². The molecule has 0 spiro atoms. The maximum absolute atomic E-state index is 13.3. The summed E-state index contributed by atoms with van der Waals surface area (Å²) in [7, 11) is -3.28. The summed E-state index contributed by atoms with van der Waals surface area (Å²) in [6.07, 6.45) is 0.772. The Kier molecular flexibility index (Phi) is 7.51. The fourth-order valence-electron chi connectivity index (χ4n) is 2.28. The van der Waals surface area contributed by atoms with Gasteiger partial charge in [0, 0.05) is 25.6 Å². The summed E-state index contributed by atoms with van der Waals surface area (Å²) in [6, 6.07) is 4.44. The molecule has 2 atom stereocenters. The zero-order valence-corrected chi connectivity index (χ0v) is 14.4. The van der Waals surface area contributed by atoms with Gasteiger partial charge in [0.1, 0.15) is 5.82 Å². The van der Waals surface area contributed by atoms with Gasteiger partial charge in [-0.3, -0.25) is 0 Å². The molecule has 1 aromatic carbocycles. The van der Waals surface area contributed by atoms with Crippen molar-refractivity contribution < 1.29 is 17.5 Å². The van der Waals surface area contributed by atoms with Gasteiger partial charge in [-0.2, -0.15) is 0 Å². The average Bonchev–Trinajstić information content (AvgIpc) is 2.64. The van der Waals surface area contributed by atoms with Gasteiger partial charge >= 0.3 is 0 Å². The van der Waals surface area contributed by atoms with Crippen LogP contribution in [0.2, 0.25) is 5.02 Å².